The number of nitrogens with zero attached hydrogens (tertiary/aromatic N) is 1. The van der Waals surface area contributed by atoms with Crippen molar-refractivity contribution in [2.75, 3.05) is 11.1 Å². The van der Waals surface area contributed by atoms with Crippen LogP contribution in [0.3, 0.4) is 0 Å². The van der Waals surface area contributed by atoms with Gasteiger partial charge in [0.1, 0.15) is 11.3 Å². The number of anilines is 1. The van der Waals surface area contributed by atoms with E-state index < -0.39 is 26.7 Å². The summed E-state index contributed by atoms with van der Waals surface area (Å²) in [6.45, 7) is 0. The molecule has 1 aromatic heterocycles. The molecule has 1 amide bonds. The molecule has 0 atom stereocenters. The predicted octanol–water partition coefficient (Wildman–Crippen LogP) is 3.00. The average molecular weight is 395 g/mol. The van der Waals surface area contributed by atoms with Crippen LogP contribution in [0, 0.1) is 0 Å². The van der Waals surface area contributed by atoms with E-state index in [1.54, 1.807) is 48.5 Å². The van der Waals surface area contributed by atoms with Crippen LogP contribution in [0.15, 0.2) is 62.6 Å². The molecule has 8 heteroatoms. The number of para-hydroxylation sites is 3. The first-order valence-corrected chi connectivity index (χ1v) is 9.03. The number of halogens is 1. The summed E-state index contributed by atoms with van der Waals surface area (Å²) in [5.41, 5.74) is 1.28. The minimum atomic E-state index is -3.96. The molecule has 2 aromatic carbocycles. The first kappa shape index (κ1) is 15.7. The molecule has 118 valence electrons. The van der Waals surface area contributed by atoms with Crippen molar-refractivity contribution < 1.29 is 17.6 Å². The maximum absolute atomic E-state index is 12.3. The third kappa shape index (κ3) is 3.43. The molecule has 1 heterocycles. The number of rotatable bonds is 4. The summed E-state index contributed by atoms with van der Waals surface area (Å²) >= 11 is 3.28. The van der Waals surface area contributed by atoms with Crippen LogP contribution in [0.1, 0.15) is 0 Å². The fourth-order valence-electron chi connectivity index (χ4n) is 1.97. The molecule has 0 saturated carbocycles. The molecule has 23 heavy (non-hydrogen) atoms. The second-order valence-corrected chi connectivity index (χ2v) is 7.46. The summed E-state index contributed by atoms with van der Waals surface area (Å²) < 4.78 is 30.4. The molecule has 1 N–H and O–H groups in total. The van der Waals surface area contributed by atoms with E-state index >= 15 is 0 Å². The number of carbonyl (C=O) groups is 1. The second-order valence-electron chi connectivity index (χ2n) is 4.73. The Labute approximate surface area is 140 Å². The number of amides is 1. The smallest absolute Gasteiger partial charge is 0.316 e. The molecule has 6 nitrogen and oxygen atoms in total. The number of sulfone groups is 1. The molecule has 0 aliphatic rings. The van der Waals surface area contributed by atoms with Gasteiger partial charge in [0.25, 0.3) is 0 Å². The first-order valence-electron chi connectivity index (χ1n) is 6.58. The molecule has 0 aliphatic carbocycles. The van der Waals surface area contributed by atoms with Gasteiger partial charge in [0, 0.05) is 4.47 Å². The highest BCUT2D eigenvalue weighted by atomic mass is 79.9. The monoisotopic (exact) mass is 394 g/mol. The zero-order valence-electron chi connectivity index (χ0n) is 11.7. The third-order valence-corrected chi connectivity index (χ3v) is 5.05. The molecule has 0 spiro atoms. The topological polar surface area (TPSA) is 89.3 Å². The fourth-order valence-corrected chi connectivity index (χ4v) is 3.35. The van der Waals surface area contributed by atoms with E-state index in [2.05, 4.69) is 26.2 Å². The number of nitrogens with one attached hydrogen (secondary N) is 1. The molecular formula is C15H11BrN2O4S. The van der Waals surface area contributed by atoms with Crippen LogP contribution in [-0.2, 0) is 14.6 Å². The Morgan fingerprint density at radius 3 is 2.57 bits per heavy atom. The Bertz CT molecular complexity index is 949. The third-order valence-electron chi connectivity index (χ3n) is 3.01. The van der Waals surface area contributed by atoms with Crippen molar-refractivity contribution in [3.8, 4) is 0 Å². The average Bonchev–Trinajstić information content (AvgIpc) is 2.94. The summed E-state index contributed by atoms with van der Waals surface area (Å²) in [6.07, 6.45) is 0. The van der Waals surface area contributed by atoms with Crippen molar-refractivity contribution in [1.29, 1.82) is 0 Å². The number of hydrogen-bond acceptors (Lipinski definition) is 5. The number of hydrogen-bond donors (Lipinski definition) is 1. The number of benzene rings is 2. The molecule has 0 fully saturated rings. The number of carbonyl (C=O) groups excluding carboxylic acids is 1. The van der Waals surface area contributed by atoms with Gasteiger partial charge in [0.05, 0.1) is 5.69 Å². The maximum atomic E-state index is 12.3. The van der Waals surface area contributed by atoms with Gasteiger partial charge < -0.3 is 9.73 Å². The zero-order chi connectivity index (χ0) is 16.4. The van der Waals surface area contributed by atoms with Crippen molar-refractivity contribution in [3.63, 3.8) is 0 Å². The molecule has 3 rings (SSSR count). The second kappa shape index (κ2) is 6.13. The van der Waals surface area contributed by atoms with Gasteiger partial charge in [0.2, 0.25) is 15.7 Å². The summed E-state index contributed by atoms with van der Waals surface area (Å²) in [4.78, 5) is 15.9. The SMILES string of the molecule is O=C(CS(=O)(=O)c1nc2ccccc2o1)Nc1ccccc1Br. The van der Waals surface area contributed by atoms with Gasteiger partial charge in [0.15, 0.2) is 5.58 Å². The van der Waals surface area contributed by atoms with Crippen molar-refractivity contribution >= 4 is 48.5 Å². The lowest BCUT2D eigenvalue weighted by Gasteiger charge is -2.06. The minimum Gasteiger partial charge on any atom is -0.428 e. The normalized spacial score (nSPS) is 11.5. The van der Waals surface area contributed by atoms with Gasteiger partial charge in [-0.15, -0.1) is 0 Å². The van der Waals surface area contributed by atoms with Gasteiger partial charge in [-0.2, -0.15) is 4.98 Å². The van der Waals surface area contributed by atoms with Gasteiger partial charge in [-0.1, -0.05) is 24.3 Å². The fraction of sp³-hybridized carbons (Fsp3) is 0.0667. The van der Waals surface area contributed by atoms with E-state index in [9.17, 15) is 13.2 Å². The van der Waals surface area contributed by atoms with Crippen LogP contribution in [0.5, 0.6) is 0 Å². The van der Waals surface area contributed by atoms with Crippen molar-refractivity contribution in [3.05, 3.63) is 53.0 Å². The Morgan fingerprint density at radius 1 is 1.13 bits per heavy atom. The highest BCUT2D eigenvalue weighted by Gasteiger charge is 2.25. The minimum absolute atomic E-state index is 0.359. The summed E-state index contributed by atoms with van der Waals surface area (Å²) in [5.74, 6) is -1.42. The van der Waals surface area contributed by atoms with Crippen LogP contribution in [0.2, 0.25) is 0 Å². The largest absolute Gasteiger partial charge is 0.428 e. The highest BCUT2D eigenvalue weighted by Crippen LogP contribution is 2.22. The lowest BCUT2D eigenvalue weighted by Crippen LogP contribution is -2.23. The summed E-state index contributed by atoms with van der Waals surface area (Å²) in [5, 5.41) is 2.08. The van der Waals surface area contributed by atoms with Crippen LogP contribution < -0.4 is 5.32 Å². The zero-order valence-corrected chi connectivity index (χ0v) is 14.1. The summed E-state index contributed by atoms with van der Waals surface area (Å²) in [7, 11) is -3.96. The van der Waals surface area contributed by atoms with E-state index in [1.165, 1.54) is 0 Å². The highest BCUT2D eigenvalue weighted by molar-refractivity contribution is 9.10. The van der Waals surface area contributed by atoms with Crippen molar-refractivity contribution in [2.24, 2.45) is 0 Å². The number of fused-ring (bicyclic) bond motifs is 1. The molecule has 3 aromatic rings. The summed E-state index contributed by atoms with van der Waals surface area (Å²) in [6, 6.07) is 13.6. The molecule has 0 bridgehead atoms. The van der Waals surface area contributed by atoms with E-state index in [4.69, 9.17) is 4.42 Å². The van der Waals surface area contributed by atoms with Crippen molar-refractivity contribution in [1.82, 2.24) is 4.98 Å². The molecular weight excluding hydrogens is 384 g/mol. The predicted molar refractivity (Wildman–Crippen MR) is 88.8 cm³/mol. The Balaban J connectivity index is 1.80. The van der Waals surface area contributed by atoms with E-state index in [1.807, 2.05) is 0 Å². The first-order chi connectivity index (χ1) is 11.0. The lowest BCUT2D eigenvalue weighted by molar-refractivity contribution is -0.113. The number of aromatic nitrogens is 1. The Kier molecular flexibility index (Phi) is 4.18. The standard InChI is InChI=1S/C15H11BrN2O4S/c16-10-5-1-2-6-11(10)17-14(19)9-23(20,21)15-18-12-7-3-4-8-13(12)22-15/h1-8H,9H2,(H,17,19). The molecule has 0 unspecified atom stereocenters. The quantitative estimate of drug-likeness (QED) is 0.734. The van der Waals surface area contributed by atoms with Gasteiger partial charge >= 0.3 is 5.22 Å². The maximum Gasteiger partial charge on any atom is 0.316 e. The van der Waals surface area contributed by atoms with Crippen LogP contribution >= 0.6 is 15.9 Å². The number of oxazole rings is 1. The van der Waals surface area contributed by atoms with E-state index in [0.717, 1.165) is 0 Å². The lowest BCUT2D eigenvalue weighted by atomic mass is 10.3. The molecule has 0 saturated heterocycles. The molecule has 0 aliphatic heterocycles. The van der Waals surface area contributed by atoms with Crippen molar-refractivity contribution in [2.45, 2.75) is 5.22 Å². The van der Waals surface area contributed by atoms with E-state index in [0.29, 0.717) is 21.3 Å². The Hall–Kier alpha value is -2.19. The van der Waals surface area contributed by atoms with Crippen LogP contribution in [-0.4, -0.2) is 25.1 Å². The van der Waals surface area contributed by atoms with Crippen LogP contribution in [0.25, 0.3) is 11.1 Å². The van der Waals surface area contributed by atoms with E-state index in [-0.39, 0.29) is 0 Å². The van der Waals surface area contributed by atoms with Gasteiger partial charge in [-0.25, -0.2) is 8.42 Å². The Morgan fingerprint density at radius 2 is 1.83 bits per heavy atom. The van der Waals surface area contributed by atoms with Crippen LogP contribution in [0.4, 0.5) is 5.69 Å². The van der Waals surface area contributed by atoms with Gasteiger partial charge in [-0.05, 0) is 40.2 Å². The molecule has 0 radical (unpaired) electrons. The van der Waals surface area contributed by atoms with Gasteiger partial charge in [-0.3, -0.25) is 4.79 Å².